The lowest BCUT2D eigenvalue weighted by atomic mass is 9.83. The van der Waals surface area contributed by atoms with Crippen LogP contribution in [0.4, 0.5) is 0 Å². The van der Waals surface area contributed by atoms with Crippen LogP contribution in [0.2, 0.25) is 5.02 Å². The Hall–Kier alpha value is -0.530. The lowest BCUT2D eigenvalue weighted by Crippen LogP contribution is -2.31. The summed E-state index contributed by atoms with van der Waals surface area (Å²) in [4.78, 5) is 0. The molecule has 1 N–H and O–H groups in total. The molecule has 0 heterocycles. The van der Waals surface area contributed by atoms with E-state index in [4.69, 9.17) is 11.6 Å². The van der Waals surface area contributed by atoms with Crippen molar-refractivity contribution in [1.29, 1.82) is 0 Å². The van der Waals surface area contributed by atoms with Crippen molar-refractivity contribution in [2.75, 3.05) is 7.05 Å². The summed E-state index contributed by atoms with van der Waals surface area (Å²) in [5.41, 5.74) is 2.53. The lowest BCUT2D eigenvalue weighted by molar-refractivity contribution is 0.281. The van der Waals surface area contributed by atoms with E-state index in [2.05, 4.69) is 37.5 Å². The average Bonchev–Trinajstić information content (AvgIpc) is 3.03. The molecule has 2 saturated carbocycles. The highest BCUT2D eigenvalue weighted by Gasteiger charge is 2.39. The highest BCUT2D eigenvalue weighted by atomic mass is 35.5. The third-order valence-electron chi connectivity index (χ3n) is 5.55. The molecule has 0 radical (unpaired) electrons. The molecule has 0 aliphatic heterocycles. The Morgan fingerprint density at radius 1 is 1.30 bits per heavy atom. The van der Waals surface area contributed by atoms with Gasteiger partial charge in [-0.1, -0.05) is 30.2 Å². The molecule has 1 aromatic carbocycles. The summed E-state index contributed by atoms with van der Waals surface area (Å²) in [6, 6.07) is 7.02. The van der Waals surface area contributed by atoms with Crippen LogP contribution in [-0.4, -0.2) is 13.1 Å². The first-order chi connectivity index (χ1) is 9.65. The van der Waals surface area contributed by atoms with Gasteiger partial charge in [-0.3, -0.25) is 0 Å². The lowest BCUT2D eigenvalue weighted by Gasteiger charge is -2.27. The molecular formula is C18H26ClN. The van der Waals surface area contributed by atoms with Crippen LogP contribution in [-0.2, 0) is 6.42 Å². The van der Waals surface area contributed by atoms with E-state index in [1.165, 1.54) is 43.2 Å². The van der Waals surface area contributed by atoms with E-state index in [-0.39, 0.29) is 0 Å². The van der Waals surface area contributed by atoms with Gasteiger partial charge in [0, 0.05) is 11.1 Å². The van der Waals surface area contributed by atoms with Crippen LogP contribution in [0.5, 0.6) is 0 Å². The van der Waals surface area contributed by atoms with Crippen molar-refractivity contribution < 1.29 is 0 Å². The van der Waals surface area contributed by atoms with Gasteiger partial charge in [0.2, 0.25) is 0 Å². The number of fused-ring (bicyclic) bond motifs is 2. The van der Waals surface area contributed by atoms with Crippen LogP contribution in [0.25, 0.3) is 0 Å². The van der Waals surface area contributed by atoms with Gasteiger partial charge in [0.05, 0.1) is 0 Å². The molecule has 0 amide bonds. The Morgan fingerprint density at radius 3 is 2.75 bits per heavy atom. The van der Waals surface area contributed by atoms with Crippen LogP contribution in [0.15, 0.2) is 18.2 Å². The van der Waals surface area contributed by atoms with Gasteiger partial charge in [-0.25, -0.2) is 0 Å². The second-order valence-corrected chi connectivity index (χ2v) is 7.36. The zero-order chi connectivity index (χ0) is 14.1. The van der Waals surface area contributed by atoms with Gasteiger partial charge in [-0.05, 0) is 81.0 Å². The third-order valence-corrected chi connectivity index (χ3v) is 5.91. The number of rotatable bonds is 5. The zero-order valence-corrected chi connectivity index (χ0v) is 13.4. The molecule has 4 unspecified atom stereocenters. The third kappa shape index (κ3) is 3.04. The number of benzene rings is 1. The van der Waals surface area contributed by atoms with Gasteiger partial charge in [0.15, 0.2) is 0 Å². The quantitative estimate of drug-likeness (QED) is 0.836. The van der Waals surface area contributed by atoms with E-state index in [9.17, 15) is 0 Å². The molecule has 2 bridgehead atoms. The molecule has 0 saturated heterocycles. The molecule has 0 spiro atoms. The minimum Gasteiger partial charge on any atom is -0.317 e. The Bertz CT molecular complexity index is 470. The molecule has 110 valence electrons. The number of hydrogen-bond acceptors (Lipinski definition) is 1. The maximum atomic E-state index is 6.38. The summed E-state index contributed by atoms with van der Waals surface area (Å²) in [5.74, 6) is 3.02. The number of hydrogen-bond donors (Lipinski definition) is 1. The maximum absolute atomic E-state index is 6.38. The van der Waals surface area contributed by atoms with Crippen LogP contribution in [0.3, 0.4) is 0 Å². The van der Waals surface area contributed by atoms with Gasteiger partial charge >= 0.3 is 0 Å². The van der Waals surface area contributed by atoms with Gasteiger partial charge in [-0.15, -0.1) is 0 Å². The normalized spacial score (nSPS) is 29.9. The standard InChI is InChI=1S/C18H26ClN/c1-12-3-5-15(18(19)7-12)10-17(20-2)11-16-9-13-4-6-14(16)8-13/h3,5,7,13-14,16-17,20H,4,6,8-11H2,1-2H3. The summed E-state index contributed by atoms with van der Waals surface area (Å²) in [6.45, 7) is 2.10. The Labute approximate surface area is 128 Å². The molecule has 2 fully saturated rings. The molecule has 20 heavy (non-hydrogen) atoms. The maximum Gasteiger partial charge on any atom is 0.0441 e. The highest BCUT2D eigenvalue weighted by molar-refractivity contribution is 6.31. The monoisotopic (exact) mass is 291 g/mol. The Balaban J connectivity index is 1.62. The fraction of sp³-hybridized carbons (Fsp3) is 0.667. The van der Waals surface area contributed by atoms with Crippen molar-refractivity contribution >= 4 is 11.6 Å². The summed E-state index contributed by atoms with van der Waals surface area (Å²) in [6.07, 6.45) is 8.34. The first-order valence-corrected chi connectivity index (χ1v) is 8.45. The van der Waals surface area contributed by atoms with E-state index in [0.29, 0.717) is 6.04 Å². The van der Waals surface area contributed by atoms with Gasteiger partial charge in [0.1, 0.15) is 0 Å². The van der Waals surface area contributed by atoms with Crippen molar-refractivity contribution in [2.45, 2.75) is 51.5 Å². The van der Waals surface area contributed by atoms with E-state index >= 15 is 0 Å². The first-order valence-electron chi connectivity index (χ1n) is 8.08. The van der Waals surface area contributed by atoms with Crippen molar-refractivity contribution in [3.63, 3.8) is 0 Å². The molecule has 2 aliphatic rings. The number of nitrogens with one attached hydrogen (secondary N) is 1. The fourth-order valence-electron chi connectivity index (χ4n) is 4.42. The molecule has 4 atom stereocenters. The Kier molecular flexibility index (Phi) is 4.37. The topological polar surface area (TPSA) is 12.0 Å². The molecule has 1 nitrogen and oxygen atoms in total. The first kappa shape index (κ1) is 14.4. The second-order valence-electron chi connectivity index (χ2n) is 6.96. The predicted molar refractivity (Wildman–Crippen MR) is 86.3 cm³/mol. The molecule has 3 rings (SSSR count). The highest BCUT2D eigenvalue weighted by Crippen LogP contribution is 2.50. The van der Waals surface area contributed by atoms with E-state index in [1.807, 2.05) is 0 Å². The average molecular weight is 292 g/mol. The summed E-state index contributed by atoms with van der Waals surface area (Å²) >= 11 is 6.38. The number of likely N-dealkylation sites (N-methyl/N-ethyl adjacent to an activating group) is 1. The predicted octanol–water partition coefficient (Wildman–Crippen LogP) is 4.61. The van der Waals surface area contributed by atoms with E-state index in [0.717, 1.165) is 29.2 Å². The van der Waals surface area contributed by atoms with Crippen molar-refractivity contribution in [3.8, 4) is 0 Å². The van der Waals surface area contributed by atoms with E-state index < -0.39 is 0 Å². The minimum atomic E-state index is 0.569. The fourth-order valence-corrected chi connectivity index (χ4v) is 4.73. The second kappa shape index (κ2) is 6.07. The Morgan fingerprint density at radius 2 is 2.15 bits per heavy atom. The summed E-state index contributed by atoms with van der Waals surface area (Å²) in [5, 5.41) is 4.45. The smallest absolute Gasteiger partial charge is 0.0441 e. The minimum absolute atomic E-state index is 0.569. The van der Waals surface area contributed by atoms with Gasteiger partial charge in [0.25, 0.3) is 0 Å². The van der Waals surface area contributed by atoms with Crippen LogP contribution in [0.1, 0.15) is 43.2 Å². The zero-order valence-electron chi connectivity index (χ0n) is 12.7. The summed E-state index contributed by atoms with van der Waals surface area (Å²) in [7, 11) is 2.10. The van der Waals surface area contributed by atoms with Gasteiger partial charge in [-0.2, -0.15) is 0 Å². The molecule has 0 aromatic heterocycles. The van der Waals surface area contributed by atoms with Gasteiger partial charge < -0.3 is 5.32 Å². The molecule has 2 heteroatoms. The number of halogens is 1. The molecule has 2 aliphatic carbocycles. The molecular weight excluding hydrogens is 266 g/mol. The SMILES string of the molecule is CNC(Cc1ccc(C)cc1Cl)CC1CC2CCC1C2. The summed E-state index contributed by atoms with van der Waals surface area (Å²) < 4.78 is 0. The largest absolute Gasteiger partial charge is 0.317 e. The van der Waals surface area contributed by atoms with Crippen molar-refractivity contribution in [2.24, 2.45) is 17.8 Å². The van der Waals surface area contributed by atoms with Crippen LogP contribution < -0.4 is 5.32 Å². The van der Waals surface area contributed by atoms with Crippen LogP contribution in [0, 0.1) is 24.7 Å². The van der Waals surface area contributed by atoms with E-state index in [1.54, 1.807) is 0 Å². The number of aryl methyl sites for hydroxylation is 1. The molecule has 1 aromatic rings. The van der Waals surface area contributed by atoms with Crippen LogP contribution >= 0.6 is 11.6 Å². The van der Waals surface area contributed by atoms with Crippen molar-refractivity contribution in [1.82, 2.24) is 5.32 Å². The van der Waals surface area contributed by atoms with Crippen molar-refractivity contribution in [3.05, 3.63) is 34.3 Å².